The molecule has 0 saturated carbocycles. The predicted molar refractivity (Wildman–Crippen MR) is 67.0 cm³/mol. The van der Waals surface area contributed by atoms with Crippen LogP contribution in [-0.4, -0.2) is 30.3 Å². The van der Waals surface area contributed by atoms with Gasteiger partial charge in [-0.2, -0.15) is 0 Å². The van der Waals surface area contributed by atoms with Crippen molar-refractivity contribution in [1.82, 2.24) is 10.3 Å². The van der Waals surface area contributed by atoms with Crippen LogP contribution in [0.25, 0.3) is 0 Å². The van der Waals surface area contributed by atoms with Crippen molar-refractivity contribution in [1.29, 1.82) is 0 Å². The predicted octanol–water partition coefficient (Wildman–Crippen LogP) is 2.15. The molecular weight excluding hydrogens is 220 g/mol. The van der Waals surface area contributed by atoms with Crippen LogP contribution in [0.4, 0.5) is 0 Å². The number of aryl methyl sites for hydroxylation is 2. The molecule has 3 nitrogen and oxygen atoms in total. The first-order chi connectivity index (χ1) is 7.75. The molecule has 90 valence electrons. The molecule has 0 radical (unpaired) electrons. The quantitative estimate of drug-likeness (QED) is 0.801. The van der Waals surface area contributed by atoms with Gasteiger partial charge in [-0.1, -0.05) is 0 Å². The van der Waals surface area contributed by atoms with Gasteiger partial charge < -0.3 is 10.1 Å². The second-order valence-corrected chi connectivity index (χ2v) is 5.35. The third-order valence-electron chi connectivity index (χ3n) is 3.02. The molecule has 0 aliphatic carbocycles. The van der Waals surface area contributed by atoms with E-state index in [1.54, 1.807) is 11.3 Å². The lowest BCUT2D eigenvalue weighted by Crippen LogP contribution is -2.35. The fourth-order valence-corrected chi connectivity index (χ4v) is 2.86. The van der Waals surface area contributed by atoms with Gasteiger partial charge in [0, 0.05) is 30.1 Å². The van der Waals surface area contributed by atoms with Gasteiger partial charge >= 0.3 is 0 Å². The molecule has 1 fully saturated rings. The van der Waals surface area contributed by atoms with E-state index in [0.29, 0.717) is 12.1 Å². The van der Waals surface area contributed by atoms with Crippen molar-refractivity contribution in [3.8, 4) is 0 Å². The average Bonchev–Trinajstić information content (AvgIpc) is 2.83. The minimum Gasteiger partial charge on any atom is -0.377 e. The zero-order valence-corrected chi connectivity index (χ0v) is 10.8. The summed E-state index contributed by atoms with van der Waals surface area (Å²) in [5.41, 5.74) is 1.14. The third kappa shape index (κ3) is 3.27. The third-order valence-corrected chi connectivity index (χ3v) is 4.04. The van der Waals surface area contributed by atoms with E-state index in [2.05, 4.69) is 29.5 Å². The Morgan fingerprint density at radius 3 is 3.12 bits per heavy atom. The summed E-state index contributed by atoms with van der Waals surface area (Å²) in [5.74, 6) is 0. The maximum atomic E-state index is 5.51. The summed E-state index contributed by atoms with van der Waals surface area (Å²) in [5, 5.41) is 6.94. The molecule has 1 aliphatic rings. The van der Waals surface area contributed by atoms with Crippen LogP contribution in [-0.2, 0) is 11.2 Å². The molecule has 1 N–H and O–H groups in total. The van der Waals surface area contributed by atoms with Crippen LogP contribution in [0.1, 0.15) is 30.5 Å². The van der Waals surface area contributed by atoms with Crippen molar-refractivity contribution in [3.05, 3.63) is 16.1 Å². The molecule has 2 rings (SSSR count). The van der Waals surface area contributed by atoms with Crippen LogP contribution >= 0.6 is 11.3 Å². The highest BCUT2D eigenvalue weighted by Gasteiger charge is 2.22. The molecule has 1 aromatic rings. The SMILES string of the molecule is Cc1csc(CCCNC2CCOC2C)n1. The Morgan fingerprint density at radius 1 is 1.62 bits per heavy atom. The number of nitrogens with zero attached hydrogens (tertiary/aromatic N) is 1. The highest BCUT2D eigenvalue weighted by molar-refractivity contribution is 7.09. The van der Waals surface area contributed by atoms with Crippen molar-refractivity contribution in [2.24, 2.45) is 0 Å². The molecule has 0 bridgehead atoms. The molecule has 16 heavy (non-hydrogen) atoms. The van der Waals surface area contributed by atoms with E-state index in [-0.39, 0.29) is 0 Å². The number of hydrogen-bond acceptors (Lipinski definition) is 4. The monoisotopic (exact) mass is 240 g/mol. The first kappa shape index (κ1) is 12.0. The van der Waals surface area contributed by atoms with Crippen molar-refractivity contribution in [3.63, 3.8) is 0 Å². The number of ether oxygens (including phenoxy) is 1. The topological polar surface area (TPSA) is 34.1 Å². The van der Waals surface area contributed by atoms with E-state index < -0.39 is 0 Å². The van der Waals surface area contributed by atoms with Crippen LogP contribution < -0.4 is 5.32 Å². The molecule has 1 saturated heterocycles. The van der Waals surface area contributed by atoms with Crippen LogP contribution in [0, 0.1) is 6.92 Å². The second kappa shape index (κ2) is 5.75. The number of nitrogens with one attached hydrogen (secondary N) is 1. The minimum atomic E-state index is 0.377. The largest absolute Gasteiger partial charge is 0.377 e. The molecule has 1 aromatic heterocycles. The van der Waals surface area contributed by atoms with Gasteiger partial charge in [-0.05, 0) is 33.2 Å². The number of thiazole rings is 1. The van der Waals surface area contributed by atoms with Crippen LogP contribution in [0.15, 0.2) is 5.38 Å². The lowest BCUT2D eigenvalue weighted by molar-refractivity contribution is 0.113. The molecule has 2 unspecified atom stereocenters. The van der Waals surface area contributed by atoms with Gasteiger partial charge in [-0.3, -0.25) is 0 Å². The number of rotatable bonds is 5. The van der Waals surface area contributed by atoms with E-state index in [9.17, 15) is 0 Å². The summed E-state index contributed by atoms with van der Waals surface area (Å²) in [7, 11) is 0. The molecule has 4 heteroatoms. The second-order valence-electron chi connectivity index (χ2n) is 4.41. The maximum absolute atomic E-state index is 5.51. The Kier molecular flexibility index (Phi) is 4.32. The van der Waals surface area contributed by atoms with Crippen LogP contribution in [0.5, 0.6) is 0 Å². The van der Waals surface area contributed by atoms with Crippen LogP contribution in [0.2, 0.25) is 0 Å². The summed E-state index contributed by atoms with van der Waals surface area (Å²) < 4.78 is 5.51. The summed E-state index contributed by atoms with van der Waals surface area (Å²) in [4.78, 5) is 4.46. The van der Waals surface area contributed by atoms with Crippen molar-refractivity contribution in [2.45, 2.75) is 45.3 Å². The Morgan fingerprint density at radius 2 is 2.50 bits per heavy atom. The molecule has 2 atom stereocenters. The Labute approximate surface area is 101 Å². The molecule has 2 heterocycles. The fraction of sp³-hybridized carbons (Fsp3) is 0.750. The average molecular weight is 240 g/mol. The van der Waals surface area contributed by atoms with E-state index in [1.165, 1.54) is 5.01 Å². The van der Waals surface area contributed by atoms with Gasteiger partial charge in [0.15, 0.2) is 0 Å². The molecule has 0 spiro atoms. The first-order valence-corrected chi connectivity index (χ1v) is 6.89. The van der Waals surface area contributed by atoms with Gasteiger partial charge in [0.2, 0.25) is 0 Å². The number of aromatic nitrogens is 1. The summed E-state index contributed by atoms with van der Waals surface area (Å²) >= 11 is 1.77. The van der Waals surface area contributed by atoms with E-state index in [1.807, 2.05) is 0 Å². The highest BCUT2D eigenvalue weighted by atomic mass is 32.1. The standard InChI is InChI=1S/C12H20N2OS/c1-9-8-16-12(14-9)4-3-6-13-11-5-7-15-10(11)2/h8,10-11,13H,3-7H2,1-2H3. The van der Waals surface area contributed by atoms with Gasteiger partial charge in [0.1, 0.15) is 0 Å². The molecule has 1 aliphatic heterocycles. The maximum Gasteiger partial charge on any atom is 0.0928 e. The first-order valence-electron chi connectivity index (χ1n) is 6.01. The van der Waals surface area contributed by atoms with Gasteiger partial charge in [-0.15, -0.1) is 11.3 Å². The Balaban J connectivity index is 1.61. The zero-order valence-electron chi connectivity index (χ0n) is 10.0. The fourth-order valence-electron chi connectivity index (χ4n) is 2.04. The molecular formula is C12H20N2OS. The minimum absolute atomic E-state index is 0.377. The zero-order chi connectivity index (χ0) is 11.4. The Hall–Kier alpha value is -0.450. The lowest BCUT2D eigenvalue weighted by Gasteiger charge is -2.15. The summed E-state index contributed by atoms with van der Waals surface area (Å²) in [6, 6.07) is 0.554. The highest BCUT2D eigenvalue weighted by Crippen LogP contribution is 2.13. The van der Waals surface area contributed by atoms with Gasteiger partial charge in [-0.25, -0.2) is 4.98 Å². The summed E-state index contributed by atoms with van der Waals surface area (Å²) in [6.07, 6.45) is 3.78. The van der Waals surface area contributed by atoms with Crippen LogP contribution in [0.3, 0.4) is 0 Å². The van der Waals surface area contributed by atoms with E-state index in [0.717, 1.165) is 38.1 Å². The Bertz CT molecular complexity index is 327. The summed E-state index contributed by atoms with van der Waals surface area (Å²) in [6.45, 7) is 6.17. The number of hydrogen-bond donors (Lipinski definition) is 1. The lowest BCUT2D eigenvalue weighted by atomic mass is 10.1. The van der Waals surface area contributed by atoms with Gasteiger partial charge in [0.05, 0.1) is 11.1 Å². The van der Waals surface area contributed by atoms with E-state index in [4.69, 9.17) is 4.74 Å². The van der Waals surface area contributed by atoms with Crippen molar-refractivity contribution in [2.75, 3.05) is 13.2 Å². The normalized spacial score (nSPS) is 25.1. The van der Waals surface area contributed by atoms with Gasteiger partial charge in [0.25, 0.3) is 0 Å². The van der Waals surface area contributed by atoms with E-state index >= 15 is 0 Å². The molecule has 0 amide bonds. The molecule has 0 aromatic carbocycles. The van der Waals surface area contributed by atoms with Crippen molar-refractivity contribution >= 4 is 11.3 Å². The van der Waals surface area contributed by atoms with Crippen molar-refractivity contribution < 1.29 is 4.74 Å². The smallest absolute Gasteiger partial charge is 0.0928 e.